The van der Waals surface area contributed by atoms with Crippen LogP contribution in [0.1, 0.15) is 12.5 Å². The van der Waals surface area contributed by atoms with Gasteiger partial charge in [0.05, 0.1) is 17.6 Å². The number of benzene rings is 2. The van der Waals surface area contributed by atoms with Gasteiger partial charge in [-0.05, 0) is 18.1 Å². The van der Waals surface area contributed by atoms with Gasteiger partial charge in [-0.1, -0.05) is 67.2 Å². The first-order valence-corrected chi connectivity index (χ1v) is 9.06. The number of hydrogen-bond acceptors (Lipinski definition) is 4. The molecule has 0 spiro atoms. The van der Waals surface area contributed by atoms with E-state index < -0.39 is 0 Å². The molecule has 5 nitrogen and oxygen atoms in total. The highest BCUT2D eigenvalue weighted by Gasteiger charge is 2.11. The third-order valence-electron chi connectivity index (χ3n) is 3.77. The van der Waals surface area contributed by atoms with Crippen LogP contribution in [0, 0.1) is 0 Å². The van der Waals surface area contributed by atoms with E-state index >= 15 is 0 Å². The second-order valence-corrected chi connectivity index (χ2v) is 6.47. The third-order valence-corrected chi connectivity index (χ3v) is 4.74. The number of imidazole rings is 1. The fourth-order valence-corrected chi connectivity index (χ4v) is 3.20. The molecule has 0 atom stereocenters. The lowest BCUT2D eigenvalue weighted by atomic mass is 10.1. The Balaban J connectivity index is 1.64. The van der Waals surface area contributed by atoms with Crippen LogP contribution < -0.4 is 11.2 Å². The van der Waals surface area contributed by atoms with E-state index in [1.807, 2.05) is 54.6 Å². The molecule has 3 aromatic rings. The van der Waals surface area contributed by atoms with Crippen LogP contribution in [0.2, 0.25) is 0 Å². The molecule has 3 rings (SSSR count). The zero-order valence-corrected chi connectivity index (χ0v) is 14.8. The van der Waals surface area contributed by atoms with Gasteiger partial charge in [-0.2, -0.15) is 0 Å². The van der Waals surface area contributed by atoms with Crippen molar-refractivity contribution in [2.45, 2.75) is 18.5 Å². The number of nitrogens with two attached hydrogens (primary N) is 1. The van der Waals surface area contributed by atoms with Crippen molar-refractivity contribution in [2.24, 2.45) is 0 Å². The van der Waals surface area contributed by atoms with E-state index in [-0.39, 0.29) is 11.7 Å². The quantitative estimate of drug-likeness (QED) is 0.525. The lowest BCUT2D eigenvalue weighted by Gasteiger charge is -2.09. The molecule has 2 aromatic carbocycles. The number of nitrogen functional groups attached to an aromatic ring is 1. The van der Waals surface area contributed by atoms with Crippen LogP contribution in [0.4, 0.5) is 5.69 Å². The highest BCUT2D eigenvalue weighted by Crippen LogP contribution is 2.23. The Labute approximate surface area is 151 Å². The van der Waals surface area contributed by atoms with Crippen LogP contribution in [-0.2, 0) is 11.2 Å². The average molecular weight is 352 g/mol. The van der Waals surface area contributed by atoms with Crippen LogP contribution >= 0.6 is 11.8 Å². The third kappa shape index (κ3) is 4.22. The maximum atomic E-state index is 12.2. The van der Waals surface area contributed by atoms with E-state index in [1.54, 1.807) is 6.20 Å². The molecule has 25 heavy (non-hydrogen) atoms. The Morgan fingerprint density at radius 3 is 2.64 bits per heavy atom. The van der Waals surface area contributed by atoms with E-state index in [4.69, 9.17) is 5.84 Å². The molecule has 3 N–H and O–H groups in total. The van der Waals surface area contributed by atoms with Crippen molar-refractivity contribution >= 4 is 23.4 Å². The number of carbonyl (C=O) groups is 1. The van der Waals surface area contributed by atoms with Gasteiger partial charge in [0.25, 0.3) is 0 Å². The number of nitrogens with one attached hydrogen (secondary N) is 1. The van der Waals surface area contributed by atoms with Gasteiger partial charge in [0.1, 0.15) is 0 Å². The minimum absolute atomic E-state index is 0.0739. The maximum absolute atomic E-state index is 12.2. The van der Waals surface area contributed by atoms with Crippen molar-refractivity contribution in [3.8, 4) is 11.3 Å². The topological polar surface area (TPSA) is 72.9 Å². The summed E-state index contributed by atoms with van der Waals surface area (Å²) in [5.74, 6) is 6.14. The first kappa shape index (κ1) is 17.1. The summed E-state index contributed by atoms with van der Waals surface area (Å²) in [5.41, 5.74) is 3.77. The summed E-state index contributed by atoms with van der Waals surface area (Å²) >= 11 is 1.32. The number of carbonyl (C=O) groups excluding carboxylic acids is 1. The minimum Gasteiger partial charge on any atom is -0.337 e. The van der Waals surface area contributed by atoms with Gasteiger partial charge >= 0.3 is 0 Å². The summed E-state index contributed by atoms with van der Waals surface area (Å²) in [6, 6.07) is 17.6. The molecule has 1 amide bonds. The number of aromatic nitrogens is 2. The van der Waals surface area contributed by atoms with Crippen molar-refractivity contribution in [1.29, 1.82) is 0 Å². The van der Waals surface area contributed by atoms with Crippen molar-refractivity contribution in [2.75, 3.05) is 16.9 Å². The Morgan fingerprint density at radius 1 is 1.16 bits per heavy atom. The number of nitrogens with zero attached hydrogens (tertiary/aromatic N) is 2. The van der Waals surface area contributed by atoms with Crippen LogP contribution in [0.5, 0.6) is 0 Å². The fraction of sp³-hybridized carbons (Fsp3) is 0.158. The van der Waals surface area contributed by atoms with Crippen LogP contribution in [0.25, 0.3) is 11.3 Å². The van der Waals surface area contributed by atoms with Crippen molar-refractivity contribution in [1.82, 2.24) is 9.66 Å². The zero-order valence-electron chi connectivity index (χ0n) is 14.0. The molecule has 128 valence electrons. The monoisotopic (exact) mass is 352 g/mol. The molecule has 0 saturated carbocycles. The predicted octanol–water partition coefficient (Wildman–Crippen LogP) is 3.56. The number of hydrogen-bond donors (Lipinski definition) is 2. The highest BCUT2D eigenvalue weighted by atomic mass is 32.2. The molecule has 1 aromatic heterocycles. The molecular formula is C19H20N4OS. The van der Waals surface area contributed by atoms with E-state index in [2.05, 4.69) is 17.2 Å². The molecule has 0 unspecified atom stereocenters. The zero-order chi connectivity index (χ0) is 17.6. The number of thioether (sulfide) groups is 1. The molecular weight excluding hydrogens is 332 g/mol. The lowest BCUT2D eigenvalue weighted by molar-refractivity contribution is -0.113. The summed E-state index contributed by atoms with van der Waals surface area (Å²) in [4.78, 5) is 16.7. The summed E-state index contributed by atoms with van der Waals surface area (Å²) in [7, 11) is 0. The Hall–Kier alpha value is -2.73. The maximum Gasteiger partial charge on any atom is 0.234 e. The Bertz CT molecular complexity index is 861. The lowest BCUT2D eigenvalue weighted by Crippen LogP contribution is -2.16. The van der Waals surface area contributed by atoms with E-state index in [0.29, 0.717) is 5.16 Å². The number of aryl methyl sites for hydroxylation is 1. The highest BCUT2D eigenvalue weighted by molar-refractivity contribution is 7.99. The molecule has 0 saturated heterocycles. The summed E-state index contributed by atoms with van der Waals surface area (Å²) < 4.78 is 1.46. The molecule has 0 aliphatic carbocycles. The molecule has 1 heterocycles. The molecule has 0 fully saturated rings. The van der Waals surface area contributed by atoms with Gasteiger partial charge in [-0.25, -0.2) is 9.66 Å². The van der Waals surface area contributed by atoms with Crippen LogP contribution in [-0.4, -0.2) is 21.3 Å². The van der Waals surface area contributed by atoms with Gasteiger partial charge in [0.15, 0.2) is 5.16 Å². The molecule has 0 aliphatic heterocycles. The predicted molar refractivity (Wildman–Crippen MR) is 103 cm³/mol. The number of rotatable bonds is 6. The molecule has 0 bridgehead atoms. The summed E-state index contributed by atoms with van der Waals surface area (Å²) in [5, 5.41) is 3.56. The Kier molecular flexibility index (Phi) is 5.40. The smallest absolute Gasteiger partial charge is 0.234 e. The summed E-state index contributed by atoms with van der Waals surface area (Å²) in [6.07, 6.45) is 2.64. The largest absolute Gasteiger partial charge is 0.337 e. The first-order chi connectivity index (χ1) is 12.2. The number of anilines is 1. The molecule has 6 heteroatoms. The number of para-hydroxylation sites is 1. The number of amides is 1. The van der Waals surface area contributed by atoms with E-state index in [0.717, 1.165) is 28.9 Å². The van der Waals surface area contributed by atoms with Crippen LogP contribution in [0.3, 0.4) is 0 Å². The molecule has 0 radical (unpaired) electrons. The minimum atomic E-state index is -0.0739. The normalized spacial score (nSPS) is 10.6. The van der Waals surface area contributed by atoms with E-state index in [1.165, 1.54) is 16.4 Å². The molecule has 0 aliphatic rings. The van der Waals surface area contributed by atoms with Gasteiger partial charge < -0.3 is 11.2 Å². The summed E-state index contributed by atoms with van der Waals surface area (Å²) in [6.45, 7) is 2.07. The fourth-order valence-electron chi connectivity index (χ4n) is 2.50. The average Bonchev–Trinajstić information content (AvgIpc) is 3.02. The van der Waals surface area contributed by atoms with Crippen molar-refractivity contribution < 1.29 is 4.79 Å². The van der Waals surface area contributed by atoms with E-state index in [9.17, 15) is 4.79 Å². The SMILES string of the molecule is CCc1ccccc1NC(=O)CSc1nc(-c2ccccc2)cn1N. The first-order valence-electron chi connectivity index (χ1n) is 8.08. The van der Waals surface area contributed by atoms with Gasteiger partial charge in [0, 0.05) is 11.3 Å². The van der Waals surface area contributed by atoms with Crippen LogP contribution in [0.15, 0.2) is 66.0 Å². The van der Waals surface area contributed by atoms with Gasteiger partial charge in [-0.15, -0.1) is 0 Å². The van der Waals surface area contributed by atoms with Gasteiger partial charge in [0.2, 0.25) is 5.91 Å². The standard InChI is InChI=1S/C19H20N4OS/c1-2-14-8-6-7-11-16(14)21-18(24)13-25-19-22-17(12-23(19)20)15-9-4-3-5-10-15/h3-12H,2,13,20H2,1H3,(H,21,24). The second kappa shape index (κ2) is 7.90. The second-order valence-electron chi connectivity index (χ2n) is 5.53. The van der Waals surface area contributed by atoms with Crippen molar-refractivity contribution in [3.63, 3.8) is 0 Å². The van der Waals surface area contributed by atoms with Crippen molar-refractivity contribution in [3.05, 3.63) is 66.4 Å². The Morgan fingerprint density at radius 2 is 1.88 bits per heavy atom. The van der Waals surface area contributed by atoms with Gasteiger partial charge in [-0.3, -0.25) is 4.79 Å².